The zero-order chi connectivity index (χ0) is 12.5. The first-order valence-corrected chi connectivity index (χ1v) is 6.29. The van der Waals surface area contributed by atoms with Gasteiger partial charge in [-0.05, 0) is 31.5 Å². The monoisotopic (exact) mass is 240 g/mol. The number of nitrogens with one attached hydrogen (secondary N) is 1. The number of hydrogen-bond donors (Lipinski definition) is 1. The van der Waals surface area contributed by atoms with Crippen molar-refractivity contribution in [3.8, 4) is 5.75 Å². The van der Waals surface area contributed by atoms with Gasteiger partial charge in [0.2, 0.25) is 0 Å². The number of pyridine rings is 1. The molecular weight excluding hydrogens is 224 g/mol. The molecule has 0 radical (unpaired) electrons. The first kappa shape index (κ1) is 11.1. The van der Waals surface area contributed by atoms with E-state index in [-0.39, 0.29) is 0 Å². The Morgan fingerprint density at radius 2 is 2.11 bits per heavy atom. The molecule has 3 heteroatoms. The molecule has 3 rings (SSSR count). The minimum Gasteiger partial charge on any atom is -0.494 e. The highest BCUT2D eigenvalue weighted by Gasteiger charge is 2.07. The molecule has 1 N–H and O–H groups in total. The van der Waals surface area contributed by atoms with Gasteiger partial charge < -0.3 is 9.72 Å². The Bertz CT molecular complexity index is 700. The number of aromatic amines is 1. The van der Waals surface area contributed by atoms with Gasteiger partial charge in [-0.3, -0.25) is 4.98 Å². The second-order valence-electron chi connectivity index (χ2n) is 4.50. The van der Waals surface area contributed by atoms with Crippen molar-refractivity contribution in [1.82, 2.24) is 9.97 Å². The number of benzene rings is 1. The van der Waals surface area contributed by atoms with E-state index in [1.165, 1.54) is 10.8 Å². The fraction of sp³-hybridized carbons (Fsp3) is 0.267. The SMILES string of the molecule is CCCOc1ccc2c(c1)[nH]c1c(C)nccc12. The average Bonchev–Trinajstić information content (AvgIpc) is 2.76. The summed E-state index contributed by atoms with van der Waals surface area (Å²) >= 11 is 0. The third-order valence-corrected chi connectivity index (χ3v) is 3.15. The molecule has 92 valence electrons. The van der Waals surface area contributed by atoms with E-state index >= 15 is 0 Å². The largest absolute Gasteiger partial charge is 0.494 e. The van der Waals surface area contributed by atoms with Crippen LogP contribution in [0.5, 0.6) is 5.75 Å². The van der Waals surface area contributed by atoms with Crippen LogP contribution in [-0.2, 0) is 0 Å². The van der Waals surface area contributed by atoms with Crippen molar-refractivity contribution < 1.29 is 4.74 Å². The molecule has 0 spiro atoms. The number of hydrogen-bond acceptors (Lipinski definition) is 2. The third-order valence-electron chi connectivity index (χ3n) is 3.15. The van der Waals surface area contributed by atoms with E-state index in [2.05, 4.69) is 29.0 Å². The molecule has 18 heavy (non-hydrogen) atoms. The average molecular weight is 240 g/mol. The zero-order valence-electron chi connectivity index (χ0n) is 10.7. The minimum absolute atomic E-state index is 0.756. The number of fused-ring (bicyclic) bond motifs is 3. The summed E-state index contributed by atoms with van der Waals surface area (Å²) in [6, 6.07) is 8.25. The Hall–Kier alpha value is -2.03. The Labute approximate surface area is 106 Å². The van der Waals surface area contributed by atoms with Gasteiger partial charge >= 0.3 is 0 Å². The van der Waals surface area contributed by atoms with Gasteiger partial charge in [0.1, 0.15) is 5.75 Å². The maximum atomic E-state index is 5.65. The molecule has 0 aliphatic carbocycles. The van der Waals surface area contributed by atoms with Crippen LogP contribution in [0.4, 0.5) is 0 Å². The smallest absolute Gasteiger partial charge is 0.121 e. The van der Waals surface area contributed by atoms with Crippen molar-refractivity contribution in [3.05, 3.63) is 36.2 Å². The summed E-state index contributed by atoms with van der Waals surface area (Å²) in [5.74, 6) is 0.918. The quantitative estimate of drug-likeness (QED) is 0.755. The number of nitrogens with zero attached hydrogens (tertiary/aromatic N) is 1. The molecule has 0 aliphatic rings. The van der Waals surface area contributed by atoms with Crippen molar-refractivity contribution >= 4 is 21.8 Å². The van der Waals surface area contributed by atoms with Crippen LogP contribution in [0.1, 0.15) is 19.0 Å². The summed E-state index contributed by atoms with van der Waals surface area (Å²) in [6.07, 6.45) is 2.88. The zero-order valence-corrected chi connectivity index (χ0v) is 10.7. The van der Waals surface area contributed by atoms with Crippen LogP contribution in [0.25, 0.3) is 21.8 Å². The highest BCUT2D eigenvalue weighted by molar-refractivity contribution is 6.08. The number of aromatic nitrogens is 2. The Kier molecular flexibility index (Phi) is 2.67. The minimum atomic E-state index is 0.756. The van der Waals surface area contributed by atoms with E-state index in [1.54, 1.807) is 0 Å². The summed E-state index contributed by atoms with van der Waals surface area (Å²) in [5.41, 5.74) is 3.24. The van der Waals surface area contributed by atoms with Gasteiger partial charge in [-0.25, -0.2) is 0 Å². The second-order valence-corrected chi connectivity index (χ2v) is 4.50. The molecule has 0 fully saturated rings. The Morgan fingerprint density at radius 3 is 2.94 bits per heavy atom. The van der Waals surface area contributed by atoms with Gasteiger partial charge in [0.25, 0.3) is 0 Å². The normalized spacial score (nSPS) is 11.2. The van der Waals surface area contributed by atoms with E-state index in [9.17, 15) is 0 Å². The third kappa shape index (κ3) is 1.72. The van der Waals surface area contributed by atoms with Crippen molar-refractivity contribution in [2.45, 2.75) is 20.3 Å². The molecule has 3 aromatic rings. The fourth-order valence-electron chi connectivity index (χ4n) is 2.25. The molecule has 0 saturated heterocycles. The van der Waals surface area contributed by atoms with Crippen LogP contribution in [0.15, 0.2) is 30.5 Å². The second kappa shape index (κ2) is 4.33. The molecule has 0 bridgehead atoms. The maximum absolute atomic E-state index is 5.65. The van der Waals surface area contributed by atoms with Crippen LogP contribution < -0.4 is 4.74 Å². The van der Waals surface area contributed by atoms with Crippen LogP contribution in [0.2, 0.25) is 0 Å². The Morgan fingerprint density at radius 1 is 1.22 bits per heavy atom. The van der Waals surface area contributed by atoms with Crippen molar-refractivity contribution in [2.75, 3.05) is 6.61 Å². The van der Waals surface area contributed by atoms with Gasteiger partial charge in [-0.2, -0.15) is 0 Å². The van der Waals surface area contributed by atoms with Crippen LogP contribution in [0.3, 0.4) is 0 Å². The molecule has 1 aromatic carbocycles. The van der Waals surface area contributed by atoms with Gasteiger partial charge in [-0.15, -0.1) is 0 Å². The fourth-order valence-corrected chi connectivity index (χ4v) is 2.25. The maximum Gasteiger partial charge on any atom is 0.121 e. The van der Waals surface area contributed by atoms with Gasteiger partial charge in [0.15, 0.2) is 0 Å². The number of H-pyrrole nitrogens is 1. The lowest BCUT2D eigenvalue weighted by molar-refractivity contribution is 0.318. The van der Waals surface area contributed by atoms with Gasteiger partial charge in [0.05, 0.1) is 23.3 Å². The molecule has 0 amide bonds. The standard InChI is InChI=1S/C15H16N2O/c1-3-8-18-11-4-5-12-13-6-7-16-10(2)15(13)17-14(12)9-11/h4-7,9,17H,3,8H2,1-2H3. The topological polar surface area (TPSA) is 37.9 Å². The van der Waals surface area contributed by atoms with Crippen LogP contribution in [-0.4, -0.2) is 16.6 Å². The number of ether oxygens (including phenoxy) is 1. The van der Waals surface area contributed by atoms with E-state index in [4.69, 9.17) is 4.74 Å². The first-order chi connectivity index (χ1) is 8.79. The Balaban J connectivity index is 2.17. The van der Waals surface area contributed by atoms with Crippen molar-refractivity contribution in [3.63, 3.8) is 0 Å². The lowest BCUT2D eigenvalue weighted by atomic mass is 10.1. The highest BCUT2D eigenvalue weighted by atomic mass is 16.5. The molecular formula is C15H16N2O. The predicted octanol–water partition coefficient (Wildman–Crippen LogP) is 3.81. The number of rotatable bonds is 3. The predicted molar refractivity (Wildman–Crippen MR) is 74.1 cm³/mol. The van der Waals surface area contributed by atoms with E-state index < -0.39 is 0 Å². The van der Waals surface area contributed by atoms with E-state index in [1.807, 2.05) is 25.3 Å². The summed E-state index contributed by atoms with van der Waals surface area (Å²) in [7, 11) is 0. The van der Waals surface area contributed by atoms with E-state index in [0.717, 1.165) is 35.5 Å². The lowest BCUT2D eigenvalue weighted by Gasteiger charge is -2.03. The van der Waals surface area contributed by atoms with Gasteiger partial charge in [-0.1, -0.05) is 6.92 Å². The molecule has 0 aliphatic heterocycles. The summed E-state index contributed by atoms with van der Waals surface area (Å²) in [6.45, 7) is 4.88. The summed E-state index contributed by atoms with van der Waals surface area (Å²) in [5, 5.41) is 2.44. The molecule has 3 nitrogen and oxygen atoms in total. The molecule has 2 heterocycles. The van der Waals surface area contributed by atoms with Crippen LogP contribution in [0, 0.1) is 6.92 Å². The van der Waals surface area contributed by atoms with Crippen LogP contribution >= 0.6 is 0 Å². The summed E-state index contributed by atoms with van der Waals surface area (Å²) in [4.78, 5) is 7.73. The number of aryl methyl sites for hydroxylation is 1. The molecule has 0 saturated carbocycles. The lowest BCUT2D eigenvalue weighted by Crippen LogP contribution is -1.94. The molecule has 2 aromatic heterocycles. The van der Waals surface area contributed by atoms with Crippen molar-refractivity contribution in [2.24, 2.45) is 0 Å². The highest BCUT2D eigenvalue weighted by Crippen LogP contribution is 2.29. The van der Waals surface area contributed by atoms with Gasteiger partial charge in [0, 0.05) is 23.0 Å². The van der Waals surface area contributed by atoms with E-state index in [0.29, 0.717) is 0 Å². The summed E-state index contributed by atoms with van der Waals surface area (Å²) < 4.78 is 5.65. The first-order valence-electron chi connectivity index (χ1n) is 6.29. The van der Waals surface area contributed by atoms with Crippen molar-refractivity contribution in [1.29, 1.82) is 0 Å². The molecule has 0 atom stereocenters. The molecule has 0 unspecified atom stereocenters.